The van der Waals surface area contributed by atoms with Gasteiger partial charge in [0.15, 0.2) is 5.78 Å². The van der Waals surface area contributed by atoms with Crippen molar-refractivity contribution in [3.8, 4) is 0 Å². The summed E-state index contributed by atoms with van der Waals surface area (Å²) in [4.78, 5) is 16.0. The van der Waals surface area contributed by atoms with E-state index in [0.717, 1.165) is 15.7 Å². The molecule has 2 aromatic rings. The van der Waals surface area contributed by atoms with E-state index in [9.17, 15) is 4.79 Å². The van der Waals surface area contributed by atoms with Gasteiger partial charge in [-0.15, -0.1) is 0 Å². The number of pyridine rings is 1. The predicted octanol–water partition coefficient (Wildman–Crippen LogP) is 3.27. The lowest BCUT2D eigenvalue weighted by atomic mass is 10.1. The van der Waals surface area contributed by atoms with Crippen LogP contribution in [-0.2, 0) is 6.42 Å². The Balaban J connectivity index is 2.14. The molecule has 0 aliphatic heterocycles. The third-order valence-corrected chi connectivity index (χ3v) is 2.71. The molecule has 0 N–H and O–H groups in total. The van der Waals surface area contributed by atoms with Crippen molar-refractivity contribution >= 4 is 21.7 Å². The summed E-state index contributed by atoms with van der Waals surface area (Å²) < 4.78 is 0.943. The summed E-state index contributed by atoms with van der Waals surface area (Å²) in [5.41, 5.74) is 1.51. The zero-order chi connectivity index (χ0) is 11.4. The highest BCUT2D eigenvalue weighted by atomic mass is 79.9. The van der Waals surface area contributed by atoms with Gasteiger partial charge in [0.05, 0.1) is 6.42 Å². The average Bonchev–Trinajstić information content (AvgIpc) is 2.30. The fourth-order valence-electron chi connectivity index (χ4n) is 1.44. The second-order valence-electron chi connectivity index (χ2n) is 3.43. The molecule has 16 heavy (non-hydrogen) atoms. The monoisotopic (exact) mass is 275 g/mol. The van der Waals surface area contributed by atoms with Gasteiger partial charge in [0.1, 0.15) is 0 Å². The van der Waals surface area contributed by atoms with Crippen molar-refractivity contribution in [1.29, 1.82) is 0 Å². The van der Waals surface area contributed by atoms with Crippen molar-refractivity contribution in [2.24, 2.45) is 0 Å². The van der Waals surface area contributed by atoms with Gasteiger partial charge in [-0.1, -0.05) is 46.3 Å². The molecule has 0 fully saturated rings. The van der Waals surface area contributed by atoms with Crippen LogP contribution in [0.3, 0.4) is 0 Å². The molecule has 3 heteroatoms. The number of hydrogen-bond donors (Lipinski definition) is 0. The fourth-order valence-corrected chi connectivity index (χ4v) is 1.82. The van der Waals surface area contributed by atoms with Crippen molar-refractivity contribution in [3.63, 3.8) is 0 Å². The molecule has 0 bridgehead atoms. The first-order valence-corrected chi connectivity index (χ1v) is 5.74. The Morgan fingerprint density at radius 1 is 1.19 bits per heavy atom. The van der Waals surface area contributed by atoms with Crippen LogP contribution in [0, 0.1) is 0 Å². The largest absolute Gasteiger partial charge is 0.294 e. The van der Waals surface area contributed by atoms with Gasteiger partial charge in [-0.2, -0.15) is 0 Å². The highest BCUT2D eigenvalue weighted by Gasteiger charge is 2.07. The Morgan fingerprint density at radius 3 is 2.62 bits per heavy atom. The first-order chi connectivity index (χ1) is 7.75. The molecule has 1 heterocycles. The van der Waals surface area contributed by atoms with Gasteiger partial charge in [-0.25, -0.2) is 0 Å². The van der Waals surface area contributed by atoms with Gasteiger partial charge in [0.25, 0.3) is 0 Å². The minimum absolute atomic E-state index is 0.0891. The number of halogens is 1. The van der Waals surface area contributed by atoms with Crippen LogP contribution < -0.4 is 0 Å². The zero-order valence-electron chi connectivity index (χ0n) is 8.56. The average molecular weight is 276 g/mol. The standard InChI is InChI=1S/C13H10BrNO/c14-11-6-7-15-12(8-11)9-13(16)10-4-2-1-3-5-10/h1-8H,9H2. The zero-order valence-corrected chi connectivity index (χ0v) is 10.1. The lowest BCUT2D eigenvalue weighted by Crippen LogP contribution is -2.04. The minimum Gasteiger partial charge on any atom is -0.294 e. The number of nitrogens with zero attached hydrogens (tertiary/aromatic N) is 1. The molecule has 0 unspecified atom stereocenters. The van der Waals surface area contributed by atoms with Gasteiger partial charge >= 0.3 is 0 Å². The third-order valence-electron chi connectivity index (χ3n) is 2.22. The summed E-state index contributed by atoms with van der Waals surface area (Å²) in [5.74, 6) is 0.0891. The molecular weight excluding hydrogens is 266 g/mol. The van der Waals surface area contributed by atoms with Crippen molar-refractivity contribution in [1.82, 2.24) is 4.98 Å². The molecule has 2 rings (SSSR count). The fraction of sp³-hybridized carbons (Fsp3) is 0.0769. The number of ketones is 1. The van der Waals surface area contributed by atoms with E-state index in [0.29, 0.717) is 6.42 Å². The highest BCUT2D eigenvalue weighted by Crippen LogP contribution is 2.11. The number of hydrogen-bond acceptors (Lipinski definition) is 2. The maximum absolute atomic E-state index is 11.9. The number of Topliss-reactive ketones (excluding diaryl/α,β-unsaturated/α-hetero) is 1. The lowest BCUT2D eigenvalue weighted by Gasteiger charge is -2.01. The summed E-state index contributed by atoms with van der Waals surface area (Å²) in [6.07, 6.45) is 2.03. The molecule has 1 aromatic carbocycles. The Morgan fingerprint density at radius 2 is 1.94 bits per heavy atom. The predicted molar refractivity (Wildman–Crippen MR) is 66.4 cm³/mol. The van der Waals surface area contributed by atoms with Gasteiger partial charge in [0.2, 0.25) is 0 Å². The van der Waals surface area contributed by atoms with Crippen molar-refractivity contribution in [2.45, 2.75) is 6.42 Å². The number of aromatic nitrogens is 1. The van der Waals surface area contributed by atoms with E-state index in [1.54, 1.807) is 6.20 Å². The Hall–Kier alpha value is -1.48. The Labute approximate surface area is 102 Å². The van der Waals surface area contributed by atoms with Gasteiger partial charge in [-0.05, 0) is 12.1 Å². The summed E-state index contributed by atoms with van der Waals surface area (Å²) in [5, 5.41) is 0. The highest BCUT2D eigenvalue weighted by molar-refractivity contribution is 9.10. The first kappa shape index (κ1) is 11.0. The second-order valence-corrected chi connectivity index (χ2v) is 4.35. The topological polar surface area (TPSA) is 30.0 Å². The number of benzene rings is 1. The maximum Gasteiger partial charge on any atom is 0.168 e. The number of rotatable bonds is 3. The molecule has 0 aliphatic carbocycles. The minimum atomic E-state index is 0.0891. The van der Waals surface area contributed by atoms with Gasteiger partial charge in [-0.3, -0.25) is 9.78 Å². The van der Waals surface area contributed by atoms with E-state index in [4.69, 9.17) is 0 Å². The summed E-state index contributed by atoms with van der Waals surface area (Å²) in [6, 6.07) is 13.0. The summed E-state index contributed by atoms with van der Waals surface area (Å²) in [7, 11) is 0. The van der Waals surface area contributed by atoms with E-state index < -0.39 is 0 Å². The van der Waals surface area contributed by atoms with E-state index >= 15 is 0 Å². The van der Waals surface area contributed by atoms with Crippen LogP contribution in [0.1, 0.15) is 16.1 Å². The molecule has 80 valence electrons. The molecule has 0 radical (unpaired) electrons. The van der Waals surface area contributed by atoms with E-state index in [-0.39, 0.29) is 5.78 Å². The quantitative estimate of drug-likeness (QED) is 0.805. The van der Waals surface area contributed by atoms with Crippen molar-refractivity contribution < 1.29 is 4.79 Å². The van der Waals surface area contributed by atoms with Gasteiger partial charge in [0, 0.05) is 21.9 Å². The Bertz CT molecular complexity index is 496. The van der Waals surface area contributed by atoms with Crippen LogP contribution in [0.2, 0.25) is 0 Å². The molecule has 0 saturated heterocycles. The van der Waals surface area contributed by atoms with Gasteiger partial charge < -0.3 is 0 Å². The molecule has 0 atom stereocenters. The van der Waals surface area contributed by atoms with Crippen LogP contribution in [0.5, 0.6) is 0 Å². The second kappa shape index (κ2) is 5.03. The smallest absolute Gasteiger partial charge is 0.168 e. The molecule has 2 nitrogen and oxygen atoms in total. The lowest BCUT2D eigenvalue weighted by molar-refractivity contribution is 0.0992. The molecule has 0 amide bonds. The van der Waals surface area contributed by atoms with E-state index in [1.165, 1.54) is 0 Å². The number of carbonyl (C=O) groups is 1. The van der Waals surface area contributed by atoms with Crippen LogP contribution in [0.15, 0.2) is 53.1 Å². The SMILES string of the molecule is O=C(Cc1cc(Br)ccn1)c1ccccc1. The van der Waals surface area contributed by atoms with Crippen LogP contribution in [0.25, 0.3) is 0 Å². The van der Waals surface area contributed by atoms with E-state index in [1.807, 2.05) is 42.5 Å². The van der Waals surface area contributed by atoms with E-state index in [2.05, 4.69) is 20.9 Å². The molecular formula is C13H10BrNO. The van der Waals surface area contributed by atoms with Crippen LogP contribution in [0.4, 0.5) is 0 Å². The summed E-state index contributed by atoms with van der Waals surface area (Å²) >= 11 is 3.36. The van der Waals surface area contributed by atoms with Crippen molar-refractivity contribution in [2.75, 3.05) is 0 Å². The first-order valence-electron chi connectivity index (χ1n) is 4.94. The summed E-state index contributed by atoms with van der Waals surface area (Å²) in [6.45, 7) is 0. The maximum atomic E-state index is 11.9. The van der Waals surface area contributed by atoms with Crippen LogP contribution in [-0.4, -0.2) is 10.8 Å². The number of carbonyl (C=O) groups excluding carboxylic acids is 1. The molecule has 0 aliphatic rings. The Kier molecular flexibility index (Phi) is 3.47. The van der Waals surface area contributed by atoms with Crippen LogP contribution >= 0.6 is 15.9 Å². The molecule has 1 aromatic heterocycles. The normalized spacial score (nSPS) is 10.1. The molecule has 0 saturated carbocycles. The third kappa shape index (κ3) is 2.76. The molecule has 0 spiro atoms. The van der Waals surface area contributed by atoms with Crippen molar-refractivity contribution in [3.05, 3.63) is 64.4 Å².